The van der Waals surface area contributed by atoms with Crippen molar-refractivity contribution in [2.75, 3.05) is 0 Å². The second-order valence-electron chi connectivity index (χ2n) is 2.74. The standard InChI is InChI=1S/C7H12O2/c1-4-5-7(2,3)6(8)9/h1,6,8-9H,5H2,2-3H3. The average molecular weight is 128 g/mol. The lowest BCUT2D eigenvalue weighted by molar-refractivity contribution is -0.119. The maximum Gasteiger partial charge on any atom is 0.157 e. The van der Waals surface area contributed by atoms with Crippen molar-refractivity contribution in [1.82, 2.24) is 0 Å². The molecular formula is C7H12O2. The molecular weight excluding hydrogens is 116 g/mol. The maximum absolute atomic E-state index is 8.67. The van der Waals surface area contributed by atoms with Crippen LogP contribution in [0.25, 0.3) is 0 Å². The molecule has 0 aromatic heterocycles. The van der Waals surface area contributed by atoms with Gasteiger partial charge in [0.1, 0.15) is 0 Å². The van der Waals surface area contributed by atoms with E-state index in [0.29, 0.717) is 6.42 Å². The Balaban J connectivity index is 3.89. The van der Waals surface area contributed by atoms with E-state index in [9.17, 15) is 0 Å². The van der Waals surface area contributed by atoms with Gasteiger partial charge in [-0.1, -0.05) is 13.8 Å². The molecule has 0 rings (SSSR count). The molecule has 0 saturated heterocycles. The summed E-state index contributed by atoms with van der Waals surface area (Å²) in [5, 5.41) is 17.3. The third-order valence-electron chi connectivity index (χ3n) is 1.26. The van der Waals surface area contributed by atoms with Crippen LogP contribution in [0, 0.1) is 17.8 Å². The molecule has 2 nitrogen and oxygen atoms in total. The monoisotopic (exact) mass is 128 g/mol. The van der Waals surface area contributed by atoms with Crippen LogP contribution in [-0.4, -0.2) is 16.5 Å². The summed E-state index contributed by atoms with van der Waals surface area (Å²) in [5.41, 5.74) is -0.575. The van der Waals surface area contributed by atoms with Crippen LogP contribution < -0.4 is 0 Å². The molecule has 0 aliphatic heterocycles. The van der Waals surface area contributed by atoms with E-state index in [4.69, 9.17) is 16.6 Å². The molecule has 0 aliphatic rings. The van der Waals surface area contributed by atoms with Gasteiger partial charge in [-0.3, -0.25) is 0 Å². The molecule has 2 heteroatoms. The number of aliphatic hydroxyl groups is 2. The van der Waals surface area contributed by atoms with Crippen LogP contribution in [0.5, 0.6) is 0 Å². The number of aliphatic hydroxyl groups excluding tert-OH is 1. The summed E-state index contributed by atoms with van der Waals surface area (Å²) < 4.78 is 0. The Morgan fingerprint density at radius 3 is 2.11 bits per heavy atom. The van der Waals surface area contributed by atoms with Gasteiger partial charge < -0.3 is 10.2 Å². The first-order valence-electron chi connectivity index (χ1n) is 2.80. The maximum atomic E-state index is 8.67. The zero-order valence-corrected chi connectivity index (χ0v) is 5.76. The van der Waals surface area contributed by atoms with E-state index in [1.54, 1.807) is 13.8 Å². The number of rotatable bonds is 2. The van der Waals surface area contributed by atoms with Crippen molar-refractivity contribution in [2.45, 2.75) is 26.6 Å². The van der Waals surface area contributed by atoms with Crippen molar-refractivity contribution in [2.24, 2.45) is 5.41 Å². The largest absolute Gasteiger partial charge is 0.368 e. The van der Waals surface area contributed by atoms with Crippen LogP contribution in [0.4, 0.5) is 0 Å². The minimum Gasteiger partial charge on any atom is -0.368 e. The van der Waals surface area contributed by atoms with E-state index in [2.05, 4.69) is 5.92 Å². The summed E-state index contributed by atoms with van der Waals surface area (Å²) in [5.74, 6) is 2.37. The van der Waals surface area contributed by atoms with E-state index in [1.165, 1.54) is 0 Å². The van der Waals surface area contributed by atoms with Crippen LogP contribution in [0.3, 0.4) is 0 Å². The second kappa shape index (κ2) is 2.86. The molecule has 0 bridgehead atoms. The van der Waals surface area contributed by atoms with Gasteiger partial charge in [0, 0.05) is 11.8 Å². The minimum absolute atomic E-state index is 0.380. The highest BCUT2D eigenvalue weighted by atomic mass is 16.5. The summed E-state index contributed by atoms with van der Waals surface area (Å²) in [6.07, 6.45) is 4.03. The normalized spacial score (nSPS) is 11.6. The van der Waals surface area contributed by atoms with Gasteiger partial charge >= 0.3 is 0 Å². The SMILES string of the molecule is C#CCC(C)(C)C(O)O. The van der Waals surface area contributed by atoms with E-state index in [-0.39, 0.29) is 0 Å². The molecule has 0 atom stereocenters. The third kappa shape index (κ3) is 2.50. The van der Waals surface area contributed by atoms with Crippen LogP contribution in [-0.2, 0) is 0 Å². The zero-order chi connectivity index (χ0) is 7.49. The molecule has 0 aliphatic carbocycles. The molecule has 0 amide bonds. The average Bonchev–Trinajstić information content (AvgIpc) is 1.65. The van der Waals surface area contributed by atoms with E-state index in [1.807, 2.05) is 0 Å². The zero-order valence-electron chi connectivity index (χ0n) is 5.76. The fraction of sp³-hybridized carbons (Fsp3) is 0.714. The van der Waals surface area contributed by atoms with Crippen LogP contribution in [0.15, 0.2) is 0 Å². The topological polar surface area (TPSA) is 40.5 Å². The van der Waals surface area contributed by atoms with Crippen molar-refractivity contribution >= 4 is 0 Å². The van der Waals surface area contributed by atoms with Gasteiger partial charge in [-0.15, -0.1) is 12.3 Å². The van der Waals surface area contributed by atoms with E-state index in [0.717, 1.165) is 0 Å². The van der Waals surface area contributed by atoms with Crippen molar-refractivity contribution in [3.63, 3.8) is 0 Å². The van der Waals surface area contributed by atoms with Crippen molar-refractivity contribution in [1.29, 1.82) is 0 Å². The van der Waals surface area contributed by atoms with Gasteiger partial charge in [-0.25, -0.2) is 0 Å². The molecule has 0 spiro atoms. The number of hydrogen-bond donors (Lipinski definition) is 2. The molecule has 0 aromatic rings. The first-order valence-corrected chi connectivity index (χ1v) is 2.80. The highest BCUT2D eigenvalue weighted by Gasteiger charge is 2.24. The number of hydrogen-bond acceptors (Lipinski definition) is 2. The fourth-order valence-electron chi connectivity index (χ4n) is 0.354. The van der Waals surface area contributed by atoms with Crippen molar-refractivity contribution in [3.05, 3.63) is 0 Å². The van der Waals surface area contributed by atoms with Gasteiger partial charge in [0.2, 0.25) is 0 Å². The molecule has 9 heavy (non-hydrogen) atoms. The second-order valence-corrected chi connectivity index (χ2v) is 2.74. The molecule has 0 unspecified atom stereocenters. The summed E-state index contributed by atoms with van der Waals surface area (Å²) in [4.78, 5) is 0. The third-order valence-corrected chi connectivity index (χ3v) is 1.26. The lowest BCUT2D eigenvalue weighted by Gasteiger charge is -2.23. The van der Waals surface area contributed by atoms with Gasteiger partial charge in [-0.05, 0) is 0 Å². The predicted molar refractivity (Wildman–Crippen MR) is 35.5 cm³/mol. The molecule has 0 saturated carbocycles. The van der Waals surface area contributed by atoms with E-state index < -0.39 is 11.7 Å². The van der Waals surface area contributed by atoms with Crippen molar-refractivity contribution in [3.8, 4) is 12.3 Å². The Morgan fingerprint density at radius 1 is 1.56 bits per heavy atom. The Labute approximate surface area is 55.5 Å². The molecule has 2 N–H and O–H groups in total. The fourth-order valence-corrected chi connectivity index (χ4v) is 0.354. The quantitative estimate of drug-likeness (QED) is 0.416. The Bertz CT molecular complexity index is 119. The molecule has 0 fully saturated rings. The highest BCUT2D eigenvalue weighted by Crippen LogP contribution is 2.22. The Kier molecular flexibility index (Phi) is 2.69. The lowest BCUT2D eigenvalue weighted by Crippen LogP contribution is -2.28. The smallest absolute Gasteiger partial charge is 0.157 e. The van der Waals surface area contributed by atoms with Crippen LogP contribution >= 0.6 is 0 Å². The highest BCUT2D eigenvalue weighted by molar-refractivity contribution is 4.91. The van der Waals surface area contributed by atoms with E-state index >= 15 is 0 Å². The Hall–Kier alpha value is -0.520. The summed E-state index contributed by atoms with van der Waals surface area (Å²) >= 11 is 0. The van der Waals surface area contributed by atoms with Crippen LogP contribution in [0.1, 0.15) is 20.3 Å². The first-order chi connectivity index (χ1) is 4.00. The van der Waals surface area contributed by atoms with Crippen molar-refractivity contribution < 1.29 is 10.2 Å². The molecule has 0 aromatic carbocycles. The molecule has 52 valence electrons. The van der Waals surface area contributed by atoms with Gasteiger partial charge in [0.05, 0.1) is 0 Å². The summed E-state index contributed by atoms with van der Waals surface area (Å²) in [6, 6.07) is 0. The predicted octanol–water partition coefficient (Wildman–Crippen LogP) is 0.347. The van der Waals surface area contributed by atoms with Crippen LogP contribution in [0.2, 0.25) is 0 Å². The first kappa shape index (κ1) is 8.48. The lowest BCUT2D eigenvalue weighted by atomic mass is 9.89. The summed E-state index contributed by atoms with van der Waals surface area (Å²) in [6.45, 7) is 3.41. The van der Waals surface area contributed by atoms with Gasteiger partial charge in [-0.2, -0.15) is 0 Å². The molecule has 0 heterocycles. The van der Waals surface area contributed by atoms with Gasteiger partial charge in [0.15, 0.2) is 6.29 Å². The summed E-state index contributed by atoms with van der Waals surface area (Å²) in [7, 11) is 0. The Morgan fingerprint density at radius 2 is 2.00 bits per heavy atom. The van der Waals surface area contributed by atoms with Gasteiger partial charge in [0.25, 0.3) is 0 Å². The molecule has 0 radical (unpaired) electrons. The number of terminal acetylenes is 1. The minimum atomic E-state index is -1.33.